The molecule has 9 heteroatoms. The van der Waals surface area contributed by atoms with Gasteiger partial charge in [0, 0.05) is 36.8 Å². The highest BCUT2D eigenvalue weighted by Crippen LogP contribution is 2.31. The molecule has 3 N–H and O–H groups in total. The Morgan fingerprint density at radius 2 is 2.11 bits per heavy atom. The quantitative estimate of drug-likeness (QED) is 0.767. The van der Waals surface area contributed by atoms with Gasteiger partial charge in [-0.25, -0.2) is 9.78 Å². The van der Waals surface area contributed by atoms with Gasteiger partial charge in [-0.2, -0.15) is 0 Å². The number of thiazole rings is 1. The van der Waals surface area contributed by atoms with E-state index in [-0.39, 0.29) is 5.60 Å². The molecular formula is C19H24N4O4S. The SMILES string of the molecule is COC1(C)CCN(c2cccc(-c3csc(NC(=O)COC(N)=O)n3)c2)CC1. The van der Waals surface area contributed by atoms with Crippen LogP contribution in [0.15, 0.2) is 29.6 Å². The molecule has 1 aromatic heterocycles. The van der Waals surface area contributed by atoms with Gasteiger partial charge in [0.05, 0.1) is 11.3 Å². The molecule has 1 fully saturated rings. The predicted octanol–water partition coefficient (Wildman–Crippen LogP) is 2.85. The number of nitrogens with zero attached hydrogens (tertiary/aromatic N) is 2. The maximum atomic E-state index is 11.7. The van der Waals surface area contributed by atoms with E-state index in [2.05, 4.69) is 39.0 Å². The number of piperidine rings is 1. The summed E-state index contributed by atoms with van der Waals surface area (Å²) in [7, 11) is 1.77. The molecule has 28 heavy (non-hydrogen) atoms. The van der Waals surface area contributed by atoms with E-state index in [1.54, 1.807) is 7.11 Å². The van der Waals surface area contributed by atoms with Crippen molar-refractivity contribution in [1.82, 2.24) is 4.98 Å². The van der Waals surface area contributed by atoms with E-state index >= 15 is 0 Å². The van der Waals surface area contributed by atoms with E-state index in [1.165, 1.54) is 11.3 Å². The number of aromatic nitrogens is 1. The van der Waals surface area contributed by atoms with Crippen LogP contribution < -0.4 is 16.0 Å². The van der Waals surface area contributed by atoms with E-state index in [0.717, 1.165) is 42.9 Å². The summed E-state index contributed by atoms with van der Waals surface area (Å²) in [4.78, 5) is 29.1. The lowest BCUT2D eigenvalue weighted by atomic mass is 9.93. The van der Waals surface area contributed by atoms with Crippen LogP contribution in [0.4, 0.5) is 15.6 Å². The van der Waals surface area contributed by atoms with Crippen molar-refractivity contribution in [3.8, 4) is 11.3 Å². The molecule has 0 unspecified atom stereocenters. The lowest BCUT2D eigenvalue weighted by molar-refractivity contribution is -0.118. The van der Waals surface area contributed by atoms with Gasteiger partial charge in [0.2, 0.25) is 0 Å². The van der Waals surface area contributed by atoms with Gasteiger partial charge in [0.1, 0.15) is 0 Å². The van der Waals surface area contributed by atoms with Crippen LogP contribution in [0, 0.1) is 0 Å². The van der Waals surface area contributed by atoms with Crippen LogP contribution in [0.25, 0.3) is 11.3 Å². The van der Waals surface area contributed by atoms with Gasteiger partial charge >= 0.3 is 6.09 Å². The second-order valence-electron chi connectivity index (χ2n) is 6.89. The summed E-state index contributed by atoms with van der Waals surface area (Å²) >= 11 is 1.31. The number of nitrogens with two attached hydrogens (primary N) is 1. The third kappa shape index (κ3) is 4.99. The number of amides is 2. The molecule has 2 aromatic rings. The summed E-state index contributed by atoms with van der Waals surface area (Å²) in [5.41, 5.74) is 7.69. The van der Waals surface area contributed by atoms with Crippen molar-refractivity contribution in [2.75, 3.05) is 37.0 Å². The number of benzene rings is 1. The predicted molar refractivity (Wildman–Crippen MR) is 109 cm³/mol. The summed E-state index contributed by atoms with van der Waals surface area (Å²) in [6, 6.07) is 8.19. The molecule has 0 spiro atoms. The highest BCUT2D eigenvalue weighted by molar-refractivity contribution is 7.14. The van der Waals surface area contributed by atoms with Crippen molar-refractivity contribution in [1.29, 1.82) is 0 Å². The molecular weight excluding hydrogens is 380 g/mol. The molecule has 0 radical (unpaired) electrons. The number of primary amides is 1. The number of carbonyl (C=O) groups is 2. The van der Waals surface area contributed by atoms with Crippen molar-refractivity contribution >= 4 is 34.2 Å². The molecule has 0 atom stereocenters. The first-order chi connectivity index (χ1) is 13.4. The van der Waals surface area contributed by atoms with E-state index < -0.39 is 18.6 Å². The van der Waals surface area contributed by atoms with Crippen LogP contribution in [-0.4, -0.2) is 49.4 Å². The van der Waals surface area contributed by atoms with E-state index in [4.69, 9.17) is 10.5 Å². The van der Waals surface area contributed by atoms with Gasteiger partial charge in [0.15, 0.2) is 11.7 Å². The third-order valence-corrected chi connectivity index (χ3v) is 5.67. The number of hydrogen-bond donors (Lipinski definition) is 2. The van der Waals surface area contributed by atoms with Crippen LogP contribution >= 0.6 is 11.3 Å². The fraction of sp³-hybridized carbons (Fsp3) is 0.421. The minimum Gasteiger partial charge on any atom is -0.440 e. The average Bonchev–Trinajstić information content (AvgIpc) is 3.15. The van der Waals surface area contributed by atoms with Crippen molar-refractivity contribution in [2.45, 2.75) is 25.4 Å². The second-order valence-corrected chi connectivity index (χ2v) is 7.74. The summed E-state index contributed by atoms with van der Waals surface area (Å²) in [5, 5.41) is 4.91. The Morgan fingerprint density at radius 3 is 2.79 bits per heavy atom. The van der Waals surface area contributed by atoms with Gasteiger partial charge in [-0.1, -0.05) is 12.1 Å². The normalized spacial score (nSPS) is 15.9. The van der Waals surface area contributed by atoms with Gasteiger partial charge < -0.3 is 20.1 Å². The first kappa shape index (κ1) is 20.1. The molecule has 1 aromatic carbocycles. The minimum absolute atomic E-state index is 0.0473. The van der Waals surface area contributed by atoms with Crippen molar-refractivity contribution < 1.29 is 19.1 Å². The maximum absolute atomic E-state index is 11.7. The Balaban J connectivity index is 1.65. The molecule has 1 aliphatic rings. The average molecular weight is 404 g/mol. The van der Waals surface area contributed by atoms with Gasteiger partial charge in [0.25, 0.3) is 5.91 Å². The van der Waals surface area contributed by atoms with Crippen LogP contribution in [-0.2, 0) is 14.3 Å². The zero-order valence-electron chi connectivity index (χ0n) is 15.9. The maximum Gasteiger partial charge on any atom is 0.405 e. The Kier molecular flexibility index (Phi) is 6.15. The fourth-order valence-corrected chi connectivity index (χ4v) is 3.80. The van der Waals surface area contributed by atoms with Crippen LogP contribution in [0.3, 0.4) is 0 Å². The topological polar surface area (TPSA) is 107 Å². The minimum atomic E-state index is -0.990. The summed E-state index contributed by atoms with van der Waals surface area (Å²) < 4.78 is 10.1. The molecule has 8 nitrogen and oxygen atoms in total. The molecule has 0 aliphatic carbocycles. The molecule has 150 valence electrons. The highest BCUT2D eigenvalue weighted by Gasteiger charge is 2.29. The fourth-order valence-electron chi connectivity index (χ4n) is 3.06. The number of rotatable bonds is 6. The molecule has 1 saturated heterocycles. The Labute approximate surface area is 167 Å². The van der Waals surface area contributed by atoms with Crippen molar-refractivity contribution in [3.63, 3.8) is 0 Å². The number of nitrogens with one attached hydrogen (secondary N) is 1. The van der Waals surface area contributed by atoms with Crippen LogP contribution in [0.1, 0.15) is 19.8 Å². The van der Waals surface area contributed by atoms with E-state index in [0.29, 0.717) is 5.13 Å². The lowest BCUT2D eigenvalue weighted by Crippen LogP contribution is -2.43. The highest BCUT2D eigenvalue weighted by atomic mass is 32.1. The first-order valence-corrected chi connectivity index (χ1v) is 9.85. The Hall–Kier alpha value is -2.65. The van der Waals surface area contributed by atoms with Crippen LogP contribution in [0.2, 0.25) is 0 Å². The molecule has 2 amide bonds. The number of anilines is 2. The third-order valence-electron chi connectivity index (χ3n) is 4.92. The monoisotopic (exact) mass is 404 g/mol. The standard InChI is InChI=1S/C19H24N4O4S/c1-19(26-2)6-8-23(9-7-19)14-5-3-4-13(10-14)15-12-28-18(21-15)22-16(24)11-27-17(20)25/h3-5,10,12H,6-9,11H2,1-2H3,(H2,20,25)(H,21,22,24). The number of carbonyl (C=O) groups excluding carboxylic acids is 2. The first-order valence-electron chi connectivity index (χ1n) is 8.97. The van der Waals surface area contributed by atoms with E-state index in [9.17, 15) is 9.59 Å². The number of methoxy groups -OCH3 is 1. The molecule has 1 aliphatic heterocycles. The summed E-state index contributed by atoms with van der Waals surface area (Å²) in [6.07, 6.45) is 0.970. The molecule has 3 rings (SSSR count). The van der Waals surface area contributed by atoms with Gasteiger partial charge in [-0.05, 0) is 31.9 Å². The molecule has 0 saturated carbocycles. The zero-order valence-corrected chi connectivity index (χ0v) is 16.8. The molecule has 0 bridgehead atoms. The summed E-state index contributed by atoms with van der Waals surface area (Å²) in [6.45, 7) is 3.59. The Morgan fingerprint density at radius 1 is 1.36 bits per heavy atom. The van der Waals surface area contributed by atoms with Crippen LogP contribution in [0.5, 0.6) is 0 Å². The summed E-state index contributed by atoms with van der Waals surface area (Å²) in [5.74, 6) is -0.483. The van der Waals surface area contributed by atoms with Gasteiger partial charge in [-0.15, -0.1) is 11.3 Å². The molecule has 2 heterocycles. The van der Waals surface area contributed by atoms with Gasteiger partial charge in [-0.3, -0.25) is 10.1 Å². The smallest absolute Gasteiger partial charge is 0.405 e. The zero-order chi connectivity index (χ0) is 20.1. The van der Waals surface area contributed by atoms with E-state index in [1.807, 2.05) is 17.5 Å². The van der Waals surface area contributed by atoms with Crippen molar-refractivity contribution in [3.05, 3.63) is 29.6 Å². The number of ether oxygens (including phenoxy) is 2. The Bertz CT molecular complexity index is 846. The number of hydrogen-bond acceptors (Lipinski definition) is 7. The lowest BCUT2D eigenvalue weighted by Gasteiger charge is -2.39. The largest absolute Gasteiger partial charge is 0.440 e. The second kappa shape index (κ2) is 8.57. The van der Waals surface area contributed by atoms with Crippen molar-refractivity contribution in [2.24, 2.45) is 5.73 Å².